The van der Waals surface area contributed by atoms with Crippen molar-refractivity contribution < 1.29 is 52.5 Å². The van der Waals surface area contributed by atoms with Gasteiger partial charge in [-0.2, -0.15) is 0 Å². The van der Waals surface area contributed by atoms with Crippen LogP contribution in [0.4, 0.5) is 15.3 Å². The molecule has 63 heavy (non-hydrogen) atoms. The van der Waals surface area contributed by atoms with Gasteiger partial charge in [-0.3, -0.25) is 15.4 Å². The third-order valence-electron chi connectivity index (χ3n) is 8.91. The number of thiophene rings is 1. The summed E-state index contributed by atoms with van der Waals surface area (Å²) in [5, 5.41) is 6.63. The molecule has 2 aromatic carbocycles. The predicted molar refractivity (Wildman–Crippen MR) is 239 cm³/mol. The lowest BCUT2D eigenvalue weighted by Crippen LogP contribution is -2.47. The van der Waals surface area contributed by atoms with E-state index in [4.69, 9.17) is 23.7 Å². The van der Waals surface area contributed by atoms with Gasteiger partial charge in [0.1, 0.15) is 39.1 Å². The number of carbonyl (C=O) groups is 6. The Morgan fingerprint density at radius 2 is 1.32 bits per heavy atom. The molecule has 1 aliphatic carbocycles. The van der Waals surface area contributed by atoms with Crippen molar-refractivity contribution in [2.45, 2.75) is 157 Å². The molecule has 2 N–H and O–H groups in total. The summed E-state index contributed by atoms with van der Waals surface area (Å²) in [4.78, 5) is 84.8. The molecular weight excluding hydrogens is 829 g/mol. The van der Waals surface area contributed by atoms with Gasteiger partial charge in [0.05, 0.1) is 11.3 Å². The number of fused-ring (bicyclic) bond motifs is 1. The molecule has 0 spiro atoms. The molecule has 0 unspecified atom stereocenters. The van der Waals surface area contributed by atoms with E-state index in [1.165, 1.54) is 40.5 Å². The van der Waals surface area contributed by atoms with Gasteiger partial charge in [0.2, 0.25) is 11.9 Å². The maximum Gasteiger partial charge on any atom is 0.414 e. The van der Waals surface area contributed by atoms with Crippen molar-refractivity contribution >= 4 is 59.0 Å². The Morgan fingerprint density at radius 3 is 1.87 bits per heavy atom. The molecule has 3 amide bonds. The van der Waals surface area contributed by atoms with Crippen LogP contribution < -0.4 is 15.4 Å². The van der Waals surface area contributed by atoms with Crippen molar-refractivity contribution in [1.29, 1.82) is 0 Å². The third-order valence-corrected chi connectivity index (χ3v) is 9.87. The molecule has 0 fully saturated rings. The zero-order valence-corrected chi connectivity index (χ0v) is 39.5. The van der Waals surface area contributed by atoms with Gasteiger partial charge >= 0.3 is 30.1 Å². The number of aliphatic imine (C=N–C) groups is 1. The number of rotatable bonds is 10. The van der Waals surface area contributed by atoms with Crippen molar-refractivity contribution in [3.8, 4) is 5.75 Å². The molecule has 1 aliphatic rings. The molecule has 0 saturated carbocycles. The lowest BCUT2D eigenvalue weighted by Gasteiger charge is -2.32. The van der Waals surface area contributed by atoms with E-state index >= 15 is 0 Å². The van der Waals surface area contributed by atoms with Crippen LogP contribution in [0.25, 0.3) is 0 Å². The normalized spacial score (nSPS) is 14.5. The lowest BCUT2D eigenvalue weighted by molar-refractivity contribution is -0.164. The number of ether oxygens (including phenoxy) is 5. The highest BCUT2D eigenvalue weighted by molar-refractivity contribution is 7.12. The highest BCUT2D eigenvalue weighted by Crippen LogP contribution is 2.37. The van der Waals surface area contributed by atoms with Gasteiger partial charge in [-0.15, -0.1) is 11.3 Å². The number of nitrogens with zero attached hydrogens (tertiary/aromatic N) is 2. The summed E-state index contributed by atoms with van der Waals surface area (Å²) in [6.45, 7) is 22.6. The Bertz CT molecular complexity index is 2150. The first kappa shape index (κ1) is 49.9. The standard InChI is InChI=1S/C47H62N4O11S/c1-28(38(53)59-44(2,3)4)51(26-29-23-36(63-27-29)40(55)60-45(5,6)7)37(52)25-32-16-14-15-31-24-34(21-22-35(31)32)58-39(54)30-17-19-33(20-18-30)48-41(49-42(56)61-46(8,9)10)50-43(57)62-47(11,12)13/h17-24,27-28,32H,14-16,25-26H2,1-13H3,(H2,48,49,50,56,57)/t28-,32-/m1/s1. The molecule has 4 rings (SSSR count). The van der Waals surface area contributed by atoms with Crippen LogP contribution in [0.5, 0.6) is 5.75 Å². The Morgan fingerprint density at radius 1 is 0.746 bits per heavy atom. The van der Waals surface area contributed by atoms with Crippen LogP contribution in [0.1, 0.15) is 152 Å². The van der Waals surface area contributed by atoms with E-state index in [1.54, 1.807) is 108 Å². The number of hydrogen-bond acceptors (Lipinski definition) is 13. The minimum absolute atomic E-state index is 0.0907. The van der Waals surface area contributed by atoms with Gasteiger partial charge < -0.3 is 28.6 Å². The Hall–Kier alpha value is -5.77. The van der Waals surface area contributed by atoms with E-state index < -0.39 is 58.5 Å². The minimum atomic E-state index is -0.905. The number of benzene rings is 2. The van der Waals surface area contributed by atoms with Gasteiger partial charge in [-0.25, -0.2) is 29.0 Å². The van der Waals surface area contributed by atoms with Crippen LogP contribution in [-0.4, -0.2) is 75.3 Å². The number of guanidine groups is 1. The summed E-state index contributed by atoms with van der Waals surface area (Å²) >= 11 is 1.22. The predicted octanol–water partition coefficient (Wildman–Crippen LogP) is 9.53. The van der Waals surface area contributed by atoms with Crippen LogP contribution in [0.3, 0.4) is 0 Å². The van der Waals surface area contributed by atoms with E-state index in [2.05, 4.69) is 15.6 Å². The Kier molecular flexibility index (Phi) is 16.0. The SMILES string of the molecule is C[C@H](C(=O)OC(C)(C)C)N(Cc1csc(C(=O)OC(C)(C)C)c1)C(=O)C[C@H]1CCCc2cc(OC(=O)c3ccc(N=C(NC(=O)OC(C)(C)C)NC(=O)OC(C)(C)C)cc3)ccc21. The number of hydrogen-bond donors (Lipinski definition) is 2. The van der Waals surface area contributed by atoms with Crippen LogP contribution >= 0.6 is 11.3 Å². The van der Waals surface area contributed by atoms with Gasteiger partial charge in [0.15, 0.2) is 0 Å². The number of esters is 3. The van der Waals surface area contributed by atoms with Crippen molar-refractivity contribution in [1.82, 2.24) is 15.5 Å². The van der Waals surface area contributed by atoms with Gasteiger partial charge in [-0.05, 0) is 180 Å². The summed E-state index contributed by atoms with van der Waals surface area (Å²) in [5.41, 5.74) is 0.0659. The fourth-order valence-electron chi connectivity index (χ4n) is 6.40. The number of alkyl carbamates (subject to hydrolysis) is 2. The molecule has 0 radical (unpaired) electrons. The summed E-state index contributed by atoms with van der Waals surface area (Å²) < 4.78 is 27.6. The van der Waals surface area contributed by atoms with Crippen molar-refractivity contribution in [3.63, 3.8) is 0 Å². The Labute approximate surface area is 374 Å². The smallest absolute Gasteiger partial charge is 0.414 e. The minimum Gasteiger partial charge on any atom is -0.458 e. The maximum atomic E-state index is 14.2. The Balaban J connectivity index is 1.49. The first-order valence-corrected chi connectivity index (χ1v) is 21.8. The van der Waals surface area contributed by atoms with E-state index in [-0.39, 0.29) is 36.3 Å². The van der Waals surface area contributed by atoms with E-state index in [1.807, 2.05) is 12.1 Å². The van der Waals surface area contributed by atoms with E-state index in [0.29, 0.717) is 21.9 Å². The van der Waals surface area contributed by atoms with Crippen molar-refractivity contribution in [2.75, 3.05) is 0 Å². The number of amides is 3. The number of carbonyl (C=O) groups excluding carboxylic acids is 6. The summed E-state index contributed by atoms with van der Waals surface area (Å²) in [6.07, 6.45) is 0.685. The molecule has 3 aromatic rings. The largest absolute Gasteiger partial charge is 0.458 e. The van der Waals surface area contributed by atoms with Crippen LogP contribution in [0.2, 0.25) is 0 Å². The second kappa shape index (κ2) is 20.2. The average molecular weight is 891 g/mol. The monoisotopic (exact) mass is 890 g/mol. The maximum absolute atomic E-state index is 14.2. The van der Waals surface area contributed by atoms with Crippen molar-refractivity contribution in [2.24, 2.45) is 4.99 Å². The summed E-state index contributed by atoms with van der Waals surface area (Å²) in [5.74, 6) is -1.94. The fourth-order valence-corrected chi connectivity index (χ4v) is 7.17. The average Bonchev–Trinajstić information content (AvgIpc) is 3.60. The first-order valence-electron chi connectivity index (χ1n) is 20.9. The lowest BCUT2D eigenvalue weighted by atomic mass is 9.80. The second-order valence-electron chi connectivity index (χ2n) is 19.4. The molecule has 1 heterocycles. The fraction of sp³-hybridized carbons (Fsp3) is 0.511. The van der Waals surface area contributed by atoms with Crippen LogP contribution in [0.15, 0.2) is 58.9 Å². The second-order valence-corrected chi connectivity index (χ2v) is 20.3. The van der Waals surface area contributed by atoms with E-state index in [0.717, 1.165) is 30.4 Å². The highest BCUT2D eigenvalue weighted by atomic mass is 32.1. The molecule has 2 atom stereocenters. The molecule has 1 aromatic heterocycles. The number of nitrogens with one attached hydrogen (secondary N) is 2. The first-order chi connectivity index (χ1) is 29.0. The molecule has 15 nitrogen and oxygen atoms in total. The molecule has 16 heteroatoms. The van der Waals surface area contributed by atoms with Gasteiger partial charge in [-0.1, -0.05) is 6.07 Å². The molecule has 0 saturated heterocycles. The number of aryl methyl sites for hydroxylation is 1. The zero-order chi connectivity index (χ0) is 47.1. The van der Waals surface area contributed by atoms with Gasteiger partial charge in [0, 0.05) is 13.0 Å². The van der Waals surface area contributed by atoms with Crippen molar-refractivity contribution in [3.05, 3.63) is 81.0 Å². The van der Waals surface area contributed by atoms with Gasteiger partial charge in [0.25, 0.3) is 0 Å². The topological polar surface area (TPSA) is 188 Å². The molecule has 0 aliphatic heterocycles. The van der Waals surface area contributed by atoms with Crippen LogP contribution in [-0.2, 0) is 41.5 Å². The quantitative estimate of drug-likeness (QED) is 0.0649. The van der Waals surface area contributed by atoms with Crippen LogP contribution in [0, 0.1) is 0 Å². The summed E-state index contributed by atoms with van der Waals surface area (Å²) in [6, 6.07) is 12.2. The molecule has 0 bridgehead atoms. The third kappa shape index (κ3) is 16.5. The summed E-state index contributed by atoms with van der Waals surface area (Å²) in [7, 11) is 0. The highest BCUT2D eigenvalue weighted by Gasteiger charge is 2.33. The molecule has 342 valence electrons. The van der Waals surface area contributed by atoms with E-state index in [9.17, 15) is 28.8 Å². The molecular formula is C47H62N4O11S. The zero-order valence-electron chi connectivity index (χ0n) is 38.7.